The highest BCUT2D eigenvalue weighted by molar-refractivity contribution is 6.13. The van der Waals surface area contributed by atoms with Crippen LogP contribution in [0.4, 0.5) is 0 Å². The molecule has 0 atom stereocenters. The van der Waals surface area contributed by atoms with Crippen molar-refractivity contribution in [3.05, 3.63) is 158 Å². The molecule has 0 aliphatic rings. The fraction of sp³-hybridized carbons (Fsp3) is 0.0233. The molecule has 9 rings (SSSR count). The van der Waals surface area contributed by atoms with Gasteiger partial charge < -0.3 is 0 Å². The standard InChI is InChI=1S/C43H29N4/c1-47-42(34-23-18-28-10-2-3-12-32(28)26-34)45-41(31-21-19-30(20-22-31)40-36-15-7-4-11-29(36)24-25-44-40)46-43(47)39-27-33-13-5-6-14-35(33)37-16-8-9-17-38(37)39/h2-27H,1H3/q+1. The molecule has 0 saturated heterocycles. The third kappa shape index (κ3) is 4.62. The lowest BCUT2D eigenvalue weighted by atomic mass is 9.96. The maximum atomic E-state index is 5.31. The van der Waals surface area contributed by atoms with Gasteiger partial charge in [-0.1, -0.05) is 125 Å². The van der Waals surface area contributed by atoms with E-state index in [1.165, 1.54) is 32.3 Å². The van der Waals surface area contributed by atoms with Crippen molar-refractivity contribution in [3.8, 4) is 45.4 Å². The van der Waals surface area contributed by atoms with E-state index in [4.69, 9.17) is 15.0 Å². The summed E-state index contributed by atoms with van der Waals surface area (Å²) in [6.45, 7) is 0. The van der Waals surface area contributed by atoms with E-state index in [-0.39, 0.29) is 0 Å². The number of hydrogen-bond acceptors (Lipinski definition) is 3. The van der Waals surface area contributed by atoms with Crippen LogP contribution in [-0.2, 0) is 7.05 Å². The zero-order valence-corrected chi connectivity index (χ0v) is 25.8. The van der Waals surface area contributed by atoms with Gasteiger partial charge in [0.15, 0.2) is 0 Å². The summed E-state index contributed by atoms with van der Waals surface area (Å²) in [4.78, 5) is 15.3. The largest absolute Gasteiger partial charge is 0.308 e. The van der Waals surface area contributed by atoms with Gasteiger partial charge in [-0.05, 0) is 74.1 Å². The smallest absolute Gasteiger partial charge is 0.256 e. The minimum atomic E-state index is 0.677. The van der Waals surface area contributed by atoms with E-state index >= 15 is 0 Å². The van der Waals surface area contributed by atoms with Crippen LogP contribution in [0.5, 0.6) is 0 Å². The lowest BCUT2D eigenvalue weighted by molar-refractivity contribution is -0.654. The van der Waals surface area contributed by atoms with E-state index in [1.807, 2.05) is 6.20 Å². The van der Waals surface area contributed by atoms with Gasteiger partial charge in [-0.3, -0.25) is 4.98 Å². The van der Waals surface area contributed by atoms with Crippen molar-refractivity contribution in [3.63, 3.8) is 0 Å². The maximum Gasteiger partial charge on any atom is 0.308 e. The summed E-state index contributed by atoms with van der Waals surface area (Å²) in [5.41, 5.74) is 5.09. The van der Waals surface area contributed by atoms with E-state index < -0.39 is 0 Å². The minimum Gasteiger partial charge on any atom is -0.256 e. The van der Waals surface area contributed by atoms with Gasteiger partial charge in [0.25, 0.3) is 11.6 Å². The fourth-order valence-electron chi connectivity index (χ4n) is 6.80. The summed E-state index contributed by atoms with van der Waals surface area (Å²) in [7, 11) is 2.07. The summed E-state index contributed by atoms with van der Waals surface area (Å²) in [6.07, 6.45) is 1.88. The molecule has 4 nitrogen and oxygen atoms in total. The Kier molecular flexibility index (Phi) is 6.32. The van der Waals surface area contributed by atoms with Crippen LogP contribution in [0.2, 0.25) is 0 Å². The van der Waals surface area contributed by atoms with Crippen LogP contribution < -0.4 is 4.57 Å². The second-order valence-corrected chi connectivity index (χ2v) is 12.0. The zero-order valence-electron chi connectivity index (χ0n) is 25.8. The summed E-state index contributed by atoms with van der Waals surface area (Å²) in [5, 5.41) is 9.47. The van der Waals surface area contributed by atoms with E-state index in [1.54, 1.807) is 0 Å². The molecular weight excluding hydrogens is 573 g/mol. The molecule has 0 radical (unpaired) electrons. The highest BCUT2D eigenvalue weighted by atomic mass is 15.1. The second-order valence-electron chi connectivity index (χ2n) is 12.0. The summed E-state index contributed by atoms with van der Waals surface area (Å²) in [6, 6.07) is 53.3. The Hall–Kier alpha value is -6.26. The Bertz CT molecular complexity index is 2640. The number of benzene rings is 7. The third-order valence-corrected chi connectivity index (χ3v) is 9.17. The van der Waals surface area contributed by atoms with Gasteiger partial charge in [-0.25, -0.2) is 4.57 Å². The molecular formula is C43H29N4+. The topological polar surface area (TPSA) is 42.5 Å². The molecule has 0 aliphatic heterocycles. The lowest BCUT2D eigenvalue weighted by Gasteiger charge is -2.12. The maximum absolute atomic E-state index is 5.31. The number of pyridine rings is 1. The molecule has 2 heterocycles. The van der Waals surface area contributed by atoms with Gasteiger partial charge in [0.1, 0.15) is 0 Å². The first-order valence-electron chi connectivity index (χ1n) is 15.8. The van der Waals surface area contributed by atoms with Crippen molar-refractivity contribution in [2.24, 2.45) is 7.05 Å². The molecule has 2 aromatic heterocycles. The van der Waals surface area contributed by atoms with Gasteiger partial charge in [0, 0.05) is 17.1 Å². The van der Waals surface area contributed by atoms with Crippen molar-refractivity contribution in [2.75, 3.05) is 0 Å². The summed E-state index contributed by atoms with van der Waals surface area (Å²) < 4.78 is 2.14. The monoisotopic (exact) mass is 601 g/mol. The van der Waals surface area contributed by atoms with Crippen molar-refractivity contribution < 1.29 is 4.57 Å². The third-order valence-electron chi connectivity index (χ3n) is 9.17. The molecule has 47 heavy (non-hydrogen) atoms. The van der Waals surface area contributed by atoms with Crippen molar-refractivity contribution in [2.45, 2.75) is 0 Å². The summed E-state index contributed by atoms with van der Waals surface area (Å²) in [5.74, 6) is 2.39. The highest BCUT2D eigenvalue weighted by Crippen LogP contribution is 2.35. The second kappa shape index (κ2) is 11.0. The van der Waals surface area contributed by atoms with Gasteiger partial charge >= 0.3 is 5.82 Å². The fourth-order valence-corrected chi connectivity index (χ4v) is 6.80. The Balaban J connectivity index is 1.27. The van der Waals surface area contributed by atoms with Gasteiger partial charge in [-0.15, -0.1) is 0 Å². The van der Waals surface area contributed by atoms with Crippen LogP contribution in [0.25, 0.3) is 88.5 Å². The Morgan fingerprint density at radius 3 is 1.83 bits per heavy atom. The number of fused-ring (bicyclic) bond motifs is 5. The predicted octanol–water partition coefficient (Wildman–Crippen LogP) is 9.98. The normalized spacial score (nSPS) is 11.5. The minimum absolute atomic E-state index is 0.677. The summed E-state index contributed by atoms with van der Waals surface area (Å²) >= 11 is 0. The zero-order chi connectivity index (χ0) is 31.3. The van der Waals surface area contributed by atoms with Crippen molar-refractivity contribution in [1.82, 2.24) is 15.0 Å². The molecule has 0 N–H and O–H groups in total. The van der Waals surface area contributed by atoms with Crippen LogP contribution in [0.1, 0.15) is 0 Å². The molecule has 0 aliphatic carbocycles. The van der Waals surface area contributed by atoms with E-state index in [2.05, 4.69) is 163 Å². The Morgan fingerprint density at radius 1 is 0.426 bits per heavy atom. The van der Waals surface area contributed by atoms with Crippen LogP contribution >= 0.6 is 0 Å². The first-order valence-corrected chi connectivity index (χ1v) is 15.8. The number of aromatic nitrogens is 4. The number of hydrogen-bond donors (Lipinski definition) is 0. The number of nitrogens with zero attached hydrogens (tertiary/aromatic N) is 4. The average Bonchev–Trinajstić information content (AvgIpc) is 3.14. The first kappa shape index (κ1) is 27.1. The molecule has 220 valence electrons. The SMILES string of the molecule is C[n+]1c(-c2ccc3ccccc3c2)nc(-c2ccc(-c3nccc4ccccc34)cc2)nc1-c1cc2ccccc2c2ccccc12. The molecule has 0 spiro atoms. The van der Waals surface area contributed by atoms with Crippen LogP contribution in [0.3, 0.4) is 0 Å². The van der Waals surface area contributed by atoms with Gasteiger partial charge in [0.05, 0.1) is 29.4 Å². The molecule has 0 unspecified atom stereocenters. The number of rotatable bonds is 4. The van der Waals surface area contributed by atoms with Crippen molar-refractivity contribution >= 4 is 43.1 Å². The predicted molar refractivity (Wildman–Crippen MR) is 193 cm³/mol. The molecule has 0 amide bonds. The Labute approximate surface area is 272 Å². The lowest BCUT2D eigenvalue weighted by Crippen LogP contribution is -2.37. The van der Waals surface area contributed by atoms with E-state index in [9.17, 15) is 0 Å². The van der Waals surface area contributed by atoms with E-state index in [0.29, 0.717) is 5.82 Å². The van der Waals surface area contributed by atoms with Gasteiger partial charge in [0.2, 0.25) is 0 Å². The van der Waals surface area contributed by atoms with Crippen LogP contribution in [0.15, 0.2) is 158 Å². The molecule has 7 aromatic carbocycles. The van der Waals surface area contributed by atoms with Crippen molar-refractivity contribution in [1.29, 1.82) is 0 Å². The van der Waals surface area contributed by atoms with Gasteiger partial charge in [-0.2, -0.15) is 0 Å². The molecule has 9 aromatic rings. The molecule has 0 saturated carbocycles. The first-order chi connectivity index (χ1) is 23.2. The van der Waals surface area contributed by atoms with E-state index in [0.717, 1.165) is 50.4 Å². The molecule has 4 heteroatoms. The Morgan fingerprint density at radius 2 is 1.02 bits per heavy atom. The average molecular weight is 602 g/mol. The van der Waals surface area contributed by atoms with Crippen LogP contribution in [0, 0.1) is 0 Å². The molecule has 0 fully saturated rings. The highest BCUT2D eigenvalue weighted by Gasteiger charge is 2.25. The molecule has 0 bridgehead atoms. The quantitative estimate of drug-likeness (QED) is 0.149. The van der Waals surface area contributed by atoms with Crippen LogP contribution in [-0.4, -0.2) is 15.0 Å².